The molecule has 0 aliphatic heterocycles. The van der Waals surface area contributed by atoms with Crippen LogP contribution in [-0.2, 0) is 4.74 Å². The van der Waals surface area contributed by atoms with Crippen LogP contribution in [0.2, 0.25) is 0 Å². The van der Waals surface area contributed by atoms with Crippen molar-refractivity contribution in [3.63, 3.8) is 0 Å². The summed E-state index contributed by atoms with van der Waals surface area (Å²) in [6, 6.07) is 5.74. The van der Waals surface area contributed by atoms with Gasteiger partial charge in [-0.15, -0.1) is 23.4 Å². The molecule has 1 amide bonds. The number of carbonyl (C=O) groups is 2. The number of amides is 1. The Balaban J connectivity index is 1.82. The molecule has 0 unspecified atom stereocenters. The fraction of sp³-hybridized carbons (Fsp3) is 0.118. The van der Waals surface area contributed by atoms with Gasteiger partial charge in [-0.05, 0) is 30.3 Å². The van der Waals surface area contributed by atoms with Crippen LogP contribution in [0.25, 0.3) is 5.82 Å². The summed E-state index contributed by atoms with van der Waals surface area (Å²) in [6.07, 6.45) is -0.262. The number of imidazole rings is 1. The molecule has 150 valence electrons. The van der Waals surface area contributed by atoms with Crippen LogP contribution in [0.1, 0.15) is 20.8 Å². The molecule has 3 aromatic rings. The normalized spacial score (nSPS) is 11.0. The minimum Gasteiger partial charge on any atom is -0.465 e. The van der Waals surface area contributed by atoms with Crippen LogP contribution in [0, 0.1) is 0 Å². The fourth-order valence-corrected chi connectivity index (χ4v) is 2.27. The molecule has 1 aromatic carbocycles. The van der Waals surface area contributed by atoms with Crippen LogP contribution in [0.15, 0.2) is 49.1 Å². The van der Waals surface area contributed by atoms with Crippen LogP contribution < -0.4 is 10.1 Å². The first-order chi connectivity index (χ1) is 13.8. The summed E-state index contributed by atoms with van der Waals surface area (Å²) in [7, 11) is 1.05. The van der Waals surface area contributed by atoms with E-state index in [1.54, 1.807) is 17.0 Å². The highest BCUT2D eigenvalue weighted by molar-refractivity contribution is 6.07. The zero-order valence-electron chi connectivity index (χ0n) is 14.7. The zero-order chi connectivity index (χ0) is 21.0. The number of anilines is 1. The first-order valence-corrected chi connectivity index (χ1v) is 7.88. The predicted octanol–water partition coefficient (Wildman–Crippen LogP) is 2.60. The van der Waals surface area contributed by atoms with Gasteiger partial charge in [-0.25, -0.2) is 9.78 Å². The smallest absolute Gasteiger partial charge is 0.465 e. The largest absolute Gasteiger partial charge is 0.573 e. The van der Waals surface area contributed by atoms with Crippen molar-refractivity contribution < 1.29 is 32.2 Å². The number of aromatic nitrogens is 4. The van der Waals surface area contributed by atoms with Gasteiger partial charge >= 0.3 is 12.3 Å². The molecule has 0 radical (unpaired) electrons. The molecule has 1 N–H and O–H groups in total. The molecule has 0 saturated heterocycles. The Labute approximate surface area is 161 Å². The highest BCUT2D eigenvalue weighted by atomic mass is 19.4. The average molecular weight is 407 g/mol. The Kier molecular flexibility index (Phi) is 5.43. The molecule has 0 bridgehead atoms. The van der Waals surface area contributed by atoms with Crippen molar-refractivity contribution in [3.05, 3.63) is 60.3 Å². The maximum atomic E-state index is 12.4. The third-order valence-electron chi connectivity index (χ3n) is 3.53. The Hall–Kier alpha value is -3.96. The third kappa shape index (κ3) is 4.86. The molecule has 0 aliphatic carbocycles. The number of nitrogens with zero attached hydrogens (tertiary/aromatic N) is 4. The van der Waals surface area contributed by atoms with E-state index in [0.29, 0.717) is 5.82 Å². The summed E-state index contributed by atoms with van der Waals surface area (Å²) >= 11 is 0. The van der Waals surface area contributed by atoms with Gasteiger partial charge in [0.1, 0.15) is 12.1 Å². The Morgan fingerprint density at radius 1 is 1.14 bits per heavy atom. The Morgan fingerprint density at radius 2 is 1.93 bits per heavy atom. The van der Waals surface area contributed by atoms with Crippen molar-refractivity contribution in [2.24, 2.45) is 0 Å². The quantitative estimate of drug-likeness (QED) is 0.648. The molecule has 2 heterocycles. The number of methoxy groups -OCH3 is 1. The number of carbonyl (C=O) groups excluding carboxylic acids is 2. The van der Waals surface area contributed by atoms with Crippen LogP contribution in [0.4, 0.5) is 18.9 Å². The molecule has 3 rings (SSSR count). The van der Waals surface area contributed by atoms with E-state index < -0.39 is 24.0 Å². The number of hydrogen-bond acceptors (Lipinski definition) is 7. The molecule has 2 aromatic heterocycles. The standard InChI is InChI=1S/C17H12F3N5O4/c1-28-16(27)11-8-10(29-17(18,19)20)2-3-12(11)22-15(26)13-4-5-14(24-23-13)25-7-6-21-9-25/h2-9H,1H3,(H,22,26). The van der Waals surface area contributed by atoms with E-state index in [0.717, 1.165) is 25.3 Å². The van der Waals surface area contributed by atoms with E-state index in [1.807, 2.05) is 0 Å². The number of hydrogen-bond donors (Lipinski definition) is 1. The highest BCUT2D eigenvalue weighted by Crippen LogP contribution is 2.28. The second kappa shape index (κ2) is 7.96. The number of alkyl halides is 3. The molecular weight excluding hydrogens is 395 g/mol. The predicted molar refractivity (Wildman–Crippen MR) is 91.6 cm³/mol. The van der Waals surface area contributed by atoms with Crippen molar-refractivity contribution in [1.82, 2.24) is 19.7 Å². The second-order valence-corrected chi connectivity index (χ2v) is 5.45. The first-order valence-electron chi connectivity index (χ1n) is 7.88. The number of esters is 1. The van der Waals surface area contributed by atoms with Crippen molar-refractivity contribution in [3.8, 4) is 11.6 Å². The molecule has 0 spiro atoms. The van der Waals surface area contributed by atoms with Crippen molar-refractivity contribution >= 4 is 17.6 Å². The van der Waals surface area contributed by atoms with Crippen LogP contribution in [-0.4, -0.2) is 45.1 Å². The number of rotatable bonds is 5. The monoisotopic (exact) mass is 407 g/mol. The second-order valence-electron chi connectivity index (χ2n) is 5.45. The van der Waals surface area contributed by atoms with E-state index >= 15 is 0 Å². The number of ether oxygens (including phenoxy) is 2. The van der Waals surface area contributed by atoms with E-state index in [4.69, 9.17) is 0 Å². The van der Waals surface area contributed by atoms with Gasteiger partial charge in [0.25, 0.3) is 5.91 Å². The van der Waals surface area contributed by atoms with Gasteiger partial charge in [0, 0.05) is 12.4 Å². The molecule has 0 atom stereocenters. The maximum absolute atomic E-state index is 12.4. The minimum absolute atomic E-state index is 0.0831. The summed E-state index contributed by atoms with van der Waals surface area (Å²) in [5, 5.41) is 10.1. The summed E-state index contributed by atoms with van der Waals surface area (Å²) in [6.45, 7) is 0. The Morgan fingerprint density at radius 3 is 2.52 bits per heavy atom. The van der Waals surface area contributed by atoms with Crippen molar-refractivity contribution in [2.45, 2.75) is 6.36 Å². The van der Waals surface area contributed by atoms with Gasteiger partial charge in [0.2, 0.25) is 0 Å². The number of benzene rings is 1. The number of nitrogens with one attached hydrogen (secondary N) is 1. The lowest BCUT2D eigenvalue weighted by atomic mass is 10.1. The van der Waals surface area contributed by atoms with Gasteiger partial charge in [0.05, 0.1) is 18.4 Å². The molecule has 12 heteroatoms. The van der Waals surface area contributed by atoms with E-state index in [2.05, 4.69) is 30.0 Å². The highest BCUT2D eigenvalue weighted by Gasteiger charge is 2.31. The fourth-order valence-electron chi connectivity index (χ4n) is 2.27. The molecule has 0 saturated carbocycles. The van der Waals surface area contributed by atoms with E-state index in [9.17, 15) is 22.8 Å². The minimum atomic E-state index is -4.94. The molecule has 0 fully saturated rings. The first kappa shape index (κ1) is 19.8. The third-order valence-corrected chi connectivity index (χ3v) is 3.53. The van der Waals surface area contributed by atoms with Crippen LogP contribution >= 0.6 is 0 Å². The van der Waals surface area contributed by atoms with Crippen LogP contribution in [0.5, 0.6) is 5.75 Å². The van der Waals surface area contributed by atoms with Crippen molar-refractivity contribution in [1.29, 1.82) is 0 Å². The van der Waals surface area contributed by atoms with Crippen LogP contribution in [0.3, 0.4) is 0 Å². The summed E-state index contributed by atoms with van der Waals surface area (Å²) < 4.78 is 47.1. The summed E-state index contributed by atoms with van der Waals surface area (Å²) in [5.41, 5.74) is -0.497. The van der Waals surface area contributed by atoms with Gasteiger partial charge in [-0.3, -0.25) is 9.36 Å². The molecule has 29 heavy (non-hydrogen) atoms. The van der Waals surface area contributed by atoms with Gasteiger partial charge in [0.15, 0.2) is 11.5 Å². The number of halogens is 3. The van der Waals surface area contributed by atoms with Gasteiger partial charge in [-0.1, -0.05) is 0 Å². The molecule has 0 aliphatic rings. The molecule has 9 nitrogen and oxygen atoms in total. The lowest BCUT2D eigenvalue weighted by Gasteiger charge is -2.13. The van der Waals surface area contributed by atoms with E-state index in [-0.39, 0.29) is 16.9 Å². The lowest BCUT2D eigenvalue weighted by molar-refractivity contribution is -0.274. The summed E-state index contributed by atoms with van der Waals surface area (Å²) in [4.78, 5) is 28.2. The maximum Gasteiger partial charge on any atom is 0.573 e. The van der Waals surface area contributed by atoms with Gasteiger partial charge < -0.3 is 14.8 Å². The zero-order valence-corrected chi connectivity index (χ0v) is 14.7. The van der Waals surface area contributed by atoms with Gasteiger partial charge in [-0.2, -0.15) is 0 Å². The topological polar surface area (TPSA) is 108 Å². The SMILES string of the molecule is COC(=O)c1cc(OC(F)(F)F)ccc1NC(=O)c1ccc(-n2ccnc2)nn1. The summed E-state index contributed by atoms with van der Waals surface area (Å²) in [5.74, 6) is -1.91. The lowest BCUT2D eigenvalue weighted by Crippen LogP contribution is -2.19. The Bertz CT molecular complexity index is 1020. The average Bonchev–Trinajstić information content (AvgIpc) is 3.22. The van der Waals surface area contributed by atoms with E-state index in [1.165, 1.54) is 18.5 Å². The van der Waals surface area contributed by atoms with Crippen molar-refractivity contribution in [2.75, 3.05) is 12.4 Å². The molecular formula is C17H12F3N5O4.